The van der Waals surface area contributed by atoms with E-state index in [0.717, 1.165) is 10.1 Å². The Hall–Kier alpha value is -0.960. The molecule has 2 rings (SSSR count). The van der Waals surface area contributed by atoms with Crippen LogP contribution in [0.25, 0.3) is 10.1 Å². The highest BCUT2D eigenvalue weighted by molar-refractivity contribution is 7.17. The molecule has 0 amide bonds. The molecule has 1 aromatic heterocycles. The van der Waals surface area contributed by atoms with Crippen molar-refractivity contribution < 1.29 is 8.78 Å². The summed E-state index contributed by atoms with van der Waals surface area (Å²) in [6.07, 6.45) is -2.37. The predicted molar refractivity (Wildman–Crippen MR) is 51.5 cm³/mol. The van der Waals surface area contributed by atoms with Gasteiger partial charge in [-0.05, 0) is 41.5 Å². The Morgan fingerprint density at radius 2 is 2.08 bits per heavy atom. The summed E-state index contributed by atoms with van der Waals surface area (Å²) < 4.78 is 26.0. The van der Waals surface area contributed by atoms with Gasteiger partial charge in [0.05, 0.1) is 0 Å². The molecule has 0 spiro atoms. The Kier molecular flexibility index (Phi) is 2.04. The third-order valence-electron chi connectivity index (χ3n) is 2.08. The molecular formula is C10H8F2S. The average molecular weight is 198 g/mol. The van der Waals surface area contributed by atoms with Crippen molar-refractivity contribution in [1.82, 2.24) is 0 Å². The molecule has 0 radical (unpaired) electrons. The van der Waals surface area contributed by atoms with Crippen LogP contribution in [-0.2, 0) is 0 Å². The first-order valence-electron chi connectivity index (χ1n) is 3.94. The second-order valence-electron chi connectivity index (χ2n) is 2.97. The van der Waals surface area contributed by atoms with Crippen molar-refractivity contribution in [2.24, 2.45) is 0 Å². The van der Waals surface area contributed by atoms with Gasteiger partial charge in [-0.1, -0.05) is 0 Å². The van der Waals surface area contributed by atoms with Crippen LogP contribution in [0.1, 0.15) is 17.6 Å². The number of thiophene rings is 1. The largest absolute Gasteiger partial charge is 0.264 e. The molecule has 0 aliphatic carbocycles. The van der Waals surface area contributed by atoms with Crippen LogP contribution >= 0.6 is 11.3 Å². The second-order valence-corrected chi connectivity index (χ2v) is 3.92. The van der Waals surface area contributed by atoms with Crippen LogP contribution in [0.15, 0.2) is 23.6 Å². The highest BCUT2D eigenvalue weighted by Crippen LogP contribution is 2.29. The van der Waals surface area contributed by atoms with Gasteiger partial charge in [-0.2, -0.15) is 0 Å². The van der Waals surface area contributed by atoms with Crippen LogP contribution in [-0.4, -0.2) is 0 Å². The molecular weight excluding hydrogens is 190 g/mol. The third kappa shape index (κ3) is 1.44. The van der Waals surface area contributed by atoms with Crippen molar-refractivity contribution in [3.63, 3.8) is 0 Å². The number of fused-ring (bicyclic) bond motifs is 1. The Morgan fingerprint density at radius 1 is 1.31 bits per heavy atom. The number of rotatable bonds is 1. The lowest BCUT2D eigenvalue weighted by Crippen LogP contribution is -1.87. The second kappa shape index (κ2) is 3.07. The highest BCUT2D eigenvalue weighted by atomic mass is 32.1. The summed E-state index contributed by atoms with van der Waals surface area (Å²) in [5.41, 5.74) is 0.816. The van der Waals surface area contributed by atoms with Crippen LogP contribution in [0.2, 0.25) is 0 Å². The van der Waals surface area contributed by atoms with Crippen molar-refractivity contribution in [2.45, 2.75) is 13.3 Å². The molecule has 3 heteroatoms. The van der Waals surface area contributed by atoms with E-state index in [4.69, 9.17) is 0 Å². The minimum Gasteiger partial charge on any atom is -0.205 e. The number of halogens is 2. The number of alkyl halides is 2. The van der Waals surface area contributed by atoms with Gasteiger partial charge < -0.3 is 0 Å². The molecule has 0 unspecified atom stereocenters. The molecule has 68 valence electrons. The van der Waals surface area contributed by atoms with E-state index in [0.29, 0.717) is 5.56 Å². The van der Waals surface area contributed by atoms with Gasteiger partial charge in [-0.25, -0.2) is 8.78 Å². The van der Waals surface area contributed by atoms with E-state index < -0.39 is 6.43 Å². The van der Waals surface area contributed by atoms with Crippen LogP contribution in [0.4, 0.5) is 8.78 Å². The standard InChI is InChI=1S/C10H8F2S/c1-6-4-9-7(2-3-13-9)5-8(6)10(11)12/h2-5,10H,1H3. The summed E-state index contributed by atoms with van der Waals surface area (Å²) in [6.45, 7) is 1.72. The summed E-state index contributed by atoms with van der Waals surface area (Å²) in [4.78, 5) is 0. The summed E-state index contributed by atoms with van der Waals surface area (Å²) in [7, 11) is 0. The molecule has 0 aliphatic rings. The van der Waals surface area contributed by atoms with Crippen molar-refractivity contribution >= 4 is 21.4 Å². The molecule has 0 aliphatic heterocycles. The Labute approximate surface area is 78.8 Å². The SMILES string of the molecule is Cc1cc2sccc2cc1C(F)F. The van der Waals surface area contributed by atoms with E-state index in [1.54, 1.807) is 24.3 Å². The molecule has 1 aromatic carbocycles. The fourth-order valence-electron chi connectivity index (χ4n) is 1.36. The van der Waals surface area contributed by atoms with Gasteiger partial charge in [0.1, 0.15) is 0 Å². The molecule has 0 N–H and O–H groups in total. The monoisotopic (exact) mass is 198 g/mol. The van der Waals surface area contributed by atoms with Crippen LogP contribution in [0.5, 0.6) is 0 Å². The highest BCUT2D eigenvalue weighted by Gasteiger charge is 2.11. The molecule has 2 aromatic rings. The Bertz CT molecular complexity index is 431. The average Bonchev–Trinajstić information content (AvgIpc) is 2.48. The normalized spacial score (nSPS) is 11.4. The summed E-state index contributed by atoms with van der Waals surface area (Å²) in [5, 5.41) is 2.82. The fourth-order valence-corrected chi connectivity index (χ4v) is 2.23. The van der Waals surface area contributed by atoms with Crippen molar-refractivity contribution in [3.05, 3.63) is 34.7 Å². The minimum atomic E-state index is -2.37. The maximum Gasteiger partial charge on any atom is 0.264 e. The molecule has 0 bridgehead atoms. The third-order valence-corrected chi connectivity index (χ3v) is 2.96. The Balaban J connectivity index is 2.69. The van der Waals surface area contributed by atoms with Crippen LogP contribution < -0.4 is 0 Å². The van der Waals surface area contributed by atoms with Gasteiger partial charge in [0.2, 0.25) is 0 Å². The fraction of sp³-hybridized carbons (Fsp3) is 0.200. The number of hydrogen-bond donors (Lipinski definition) is 0. The van der Waals surface area contributed by atoms with Crippen molar-refractivity contribution in [1.29, 1.82) is 0 Å². The lowest BCUT2D eigenvalue weighted by Gasteiger charge is -2.03. The summed E-state index contributed by atoms with van der Waals surface area (Å²) in [6, 6.07) is 5.26. The maximum atomic E-state index is 12.5. The molecule has 0 atom stereocenters. The summed E-state index contributed by atoms with van der Waals surface area (Å²) >= 11 is 1.58. The first kappa shape index (κ1) is 8.63. The van der Waals surface area contributed by atoms with Gasteiger partial charge in [-0.3, -0.25) is 0 Å². The van der Waals surface area contributed by atoms with Gasteiger partial charge >= 0.3 is 0 Å². The van der Waals surface area contributed by atoms with Gasteiger partial charge in [0, 0.05) is 10.3 Å². The van der Waals surface area contributed by atoms with Gasteiger partial charge in [-0.15, -0.1) is 11.3 Å². The van der Waals surface area contributed by atoms with Crippen LogP contribution in [0, 0.1) is 6.92 Å². The first-order chi connectivity index (χ1) is 6.18. The minimum absolute atomic E-state index is 0.144. The number of aryl methyl sites for hydroxylation is 1. The summed E-state index contributed by atoms with van der Waals surface area (Å²) in [5.74, 6) is 0. The van der Waals surface area contributed by atoms with E-state index in [1.165, 1.54) is 0 Å². The molecule has 0 nitrogen and oxygen atoms in total. The van der Waals surface area contributed by atoms with Crippen molar-refractivity contribution in [3.8, 4) is 0 Å². The van der Waals surface area contributed by atoms with Crippen molar-refractivity contribution in [2.75, 3.05) is 0 Å². The molecule has 13 heavy (non-hydrogen) atoms. The molecule has 0 fully saturated rings. The lowest BCUT2D eigenvalue weighted by molar-refractivity contribution is 0.151. The maximum absolute atomic E-state index is 12.5. The zero-order chi connectivity index (χ0) is 9.42. The predicted octanol–water partition coefficient (Wildman–Crippen LogP) is 4.15. The van der Waals surface area contributed by atoms with E-state index in [-0.39, 0.29) is 5.56 Å². The lowest BCUT2D eigenvalue weighted by atomic mass is 10.1. The zero-order valence-corrected chi connectivity index (χ0v) is 7.87. The van der Waals surface area contributed by atoms with Gasteiger partial charge in [0.15, 0.2) is 0 Å². The van der Waals surface area contributed by atoms with E-state index >= 15 is 0 Å². The molecule has 1 heterocycles. The first-order valence-corrected chi connectivity index (χ1v) is 4.82. The number of benzene rings is 1. The van der Waals surface area contributed by atoms with E-state index in [2.05, 4.69) is 0 Å². The smallest absolute Gasteiger partial charge is 0.205 e. The Morgan fingerprint density at radius 3 is 2.77 bits per heavy atom. The molecule has 0 saturated carbocycles. The van der Waals surface area contributed by atoms with Gasteiger partial charge in [0.25, 0.3) is 6.43 Å². The topological polar surface area (TPSA) is 0 Å². The van der Waals surface area contributed by atoms with Crippen LogP contribution in [0.3, 0.4) is 0 Å². The zero-order valence-electron chi connectivity index (χ0n) is 7.05. The molecule has 0 saturated heterocycles. The van der Waals surface area contributed by atoms with E-state index in [9.17, 15) is 8.78 Å². The van der Waals surface area contributed by atoms with E-state index in [1.807, 2.05) is 17.5 Å². The quantitative estimate of drug-likeness (QED) is 0.645. The number of hydrogen-bond acceptors (Lipinski definition) is 1.